The first kappa shape index (κ1) is 13.9. The van der Waals surface area contributed by atoms with Gasteiger partial charge in [-0.1, -0.05) is 13.3 Å². The summed E-state index contributed by atoms with van der Waals surface area (Å²) in [6.45, 7) is 6.69. The SMILES string of the molecule is CCC1CCN(S(=O)(=O)C(C)C)C(CN)C1. The Bertz CT molecular complexity index is 314. The molecule has 2 atom stereocenters. The average molecular weight is 248 g/mol. The molecule has 0 amide bonds. The molecule has 1 heterocycles. The first-order valence-electron chi connectivity index (χ1n) is 6.14. The monoisotopic (exact) mass is 248 g/mol. The normalized spacial score (nSPS) is 28.6. The van der Waals surface area contributed by atoms with E-state index in [0.29, 0.717) is 19.0 Å². The smallest absolute Gasteiger partial charge is 0.216 e. The van der Waals surface area contributed by atoms with Gasteiger partial charge in [0.25, 0.3) is 0 Å². The number of nitrogens with zero attached hydrogens (tertiary/aromatic N) is 1. The summed E-state index contributed by atoms with van der Waals surface area (Å²) in [7, 11) is -3.14. The van der Waals surface area contributed by atoms with Crippen LogP contribution in [-0.4, -0.2) is 37.1 Å². The van der Waals surface area contributed by atoms with Crippen LogP contribution in [0.1, 0.15) is 40.0 Å². The molecule has 0 saturated carbocycles. The lowest BCUT2D eigenvalue weighted by molar-refractivity contribution is 0.196. The zero-order valence-corrected chi connectivity index (χ0v) is 11.3. The van der Waals surface area contributed by atoms with Crippen LogP contribution in [0.25, 0.3) is 0 Å². The number of piperidine rings is 1. The number of hydrogen-bond acceptors (Lipinski definition) is 3. The Labute approximate surface area is 99.2 Å². The predicted octanol–water partition coefficient (Wildman–Crippen LogP) is 1.17. The Hall–Kier alpha value is -0.130. The van der Waals surface area contributed by atoms with Crippen molar-refractivity contribution in [2.45, 2.75) is 51.3 Å². The minimum absolute atomic E-state index is 0.00565. The lowest BCUT2D eigenvalue weighted by Crippen LogP contribution is -2.51. The first-order valence-corrected chi connectivity index (χ1v) is 7.64. The molecular formula is C11H24N2O2S. The van der Waals surface area contributed by atoms with Crippen LogP contribution in [0.15, 0.2) is 0 Å². The van der Waals surface area contributed by atoms with Crippen molar-refractivity contribution < 1.29 is 8.42 Å². The summed E-state index contributed by atoms with van der Waals surface area (Å²) in [5.74, 6) is 0.632. The predicted molar refractivity (Wildman–Crippen MR) is 66.6 cm³/mol. The zero-order valence-electron chi connectivity index (χ0n) is 10.5. The summed E-state index contributed by atoms with van der Waals surface area (Å²) >= 11 is 0. The zero-order chi connectivity index (χ0) is 12.3. The van der Waals surface area contributed by atoms with Crippen LogP contribution < -0.4 is 5.73 Å². The molecule has 1 fully saturated rings. The van der Waals surface area contributed by atoms with Gasteiger partial charge in [-0.25, -0.2) is 8.42 Å². The summed E-state index contributed by atoms with van der Waals surface area (Å²) in [6.07, 6.45) is 3.00. The van der Waals surface area contributed by atoms with E-state index >= 15 is 0 Å². The highest BCUT2D eigenvalue weighted by Gasteiger charge is 2.35. The Kier molecular flexibility index (Phi) is 4.76. The molecular weight excluding hydrogens is 224 g/mol. The molecule has 2 unspecified atom stereocenters. The van der Waals surface area contributed by atoms with E-state index in [1.165, 1.54) is 0 Å². The van der Waals surface area contributed by atoms with Crippen molar-refractivity contribution in [3.8, 4) is 0 Å². The van der Waals surface area contributed by atoms with Crippen LogP contribution in [0.4, 0.5) is 0 Å². The molecule has 0 aromatic carbocycles. The summed E-state index contributed by atoms with van der Waals surface area (Å²) in [6, 6.07) is 0.00565. The molecule has 0 aromatic heterocycles. The number of hydrogen-bond donors (Lipinski definition) is 1. The van der Waals surface area contributed by atoms with Crippen LogP contribution in [0.2, 0.25) is 0 Å². The van der Waals surface area contributed by atoms with Gasteiger partial charge in [0.15, 0.2) is 0 Å². The van der Waals surface area contributed by atoms with E-state index < -0.39 is 10.0 Å². The van der Waals surface area contributed by atoms with E-state index in [-0.39, 0.29) is 11.3 Å². The molecule has 1 aliphatic rings. The van der Waals surface area contributed by atoms with E-state index in [0.717, 1.165) is 19.3 Å². The summed E-state index contributed by atoms with van der Waals surface area (Å²) in [5.41, 5.74) is 5.70. The minimum Gasteiger partial charge on any atom is -0.329 e. The standard InChI is InChI=1S/C11H24N2O2S/c1-4-10-5-6-13(11(7-10)8-12)16(14,15)9(2)3/h9-11H,4-8,12H2,1-3H3. The van der Waals surface area contributed by atoms with E-state index in [2.05, 4.69) is 6.92 Å². The highest BCUT2D eigenvalue weighted by atomic mass is 32.2. The molecule has 0 spiro atoms. The van der Waals surface area contributed by atoms with Gasteiger partial charge < -0.3 is 5.73 Å². The first-order chi connectivity index (χ1) is 7.43. The van der Waals surface area contributed by atoms with Gasteiger partial charge >= 0.3 is 0 Å². The van der Waals surface area contributed by atoms with Gasteiger partial charge in [0.05, 0.1) is 5.25 Å². The van der Waals surface area contributed by atoms with Crippen LogP contribution in [-0.2, 0) is 10.0 Å². The molecule has 4 nitrogen and oxygen atoms in total. The van der Waals surface area contributed by atoms with Crippen molar-refractivity contribution in [2.75, 3.05) is 13.1 Å². The Morgan fingerprint density at radius 2 is 2.06 bits per heavy atom. The van der Waals surface area contributed by atoms with Crippen molar-refractivity contribution in [2.24, 2.45) is 11.7 Å². The maximum absolute atomic E-state index is 12.1. The fraction of sp³-hybridized carbons (Fsp3) is 1.00. The van der Waals surface area contributed by atoms with Gasteiger partial charge in [0.1, 0.15) is 0 Å². The Morgan fingerprint density at radius 3 is 2.50 bits per heavy atom. The number of sulfonamides is 1. The molecule has 16 heavy (non-hydrogen) atoms. The maximum atomic E-state index is 12.1. The van der Waals surface area contributed by atoms with Gasteiger partial charge in [-0.15, -0.1) is 0 Å². The molecule has 1 aliphatic heterocycles. The van der Waals surface area contributed by atoms with Crippen LogP contribution in [0.3, 0.4) is 0 Å². The third-order valence-electron chi connectivity index (χ3n) is 3.54. The largest absolute Gasteiger partial charge is 0.329 e. The van der Waals surface area contributed by atoms with Crippen LogP contribution >= 0.6 is 0 Å². The second-order valence-corrected chi connectivity index (χ2v) is 7.33. The fourth-order valence-corrected chi connectivity index (χ4v) is 3.79. The van der Waals surface area contributed by atoms with E-state index in [4.69, 9.17) is 5.73 Å². The molecule has 1 saturated heterocycles. The fourth-order valence-electron chi connectivity index (χ4n) is 2.30. The van der Waals surface area contributed by atoms with Crippen molar-refractivity contribution in [3.05, 3.63) is 0 Å². The highest BCUT2D eigenvalue weighted by molar-refractivity contribution is 7.89. The Morgan fingerprint density at radius 1 is 1.44 bits per heavy atom. The molecule has 0 aliphatic carbocycles. The molecule has 5 heteroatoms. The summed E-state index contributed by atoms with van der Waals surface area (Å²) in [4.78, 5) is 0. The van der Waals surface area contributed by atoms with Gasteiger partial charge in [-0.3, -0.25) is 0 Å². The van der Waals surface area contributed by atoms with Crippen molar-refractivity contribution >= 4 is 10.0 Å². The van der Waals surface area contributed by atoms with Gasteiger partial charge in [0.2, 0.25) is 10.0 Å². The lowest BCUT2D eigenvalue weighted by atomic mass is 9.90. The average Bonchev–Trinajstić information content (AvgIpc) is 2.27. The lowest BCUT2D eigenvalue weighted by Gasteiger charge is -2.38. The maximum Gasteiger partial charge on any atom is 0.216 e. The summed E-state index contributed by atoms with van der Waals surface area (Å²) < 4.78 is 25.9. The van der Waals surface area contributed by atoms with Gasteiger partial charge in [-0.05, 0) is 32.6 Å². The molecule has 0 radical (unpaired) electrons. The Balaban J connectivity index is 2.82. The van der Waals surface area contributed by atoms with Gasteiger partial charge in [-0.2, -0.15) is 4.31 Å². The number of nitrogens with two attached hydrogens (primary N) is 1. The highest BCUT2D eigenvalue weighted by Crippen LogP contribution is 2.28. The number of rotatable bonds is 4. The van der Waals surface area contributed by atoms with Crippen molar-refractivity contribution in [1.29, 1.82) is 0 Å². The van der Waals surface area contributed by atoms with Gasteiger partial charge in [0, 0.05) is 19.1 Å². The summed E-state index contributed by atoms with van der Waals surface area (Å²) in [5, 5.41) is -0.347. The molecule has 2 N–H and O–H groups in total. The molecule has 0 bridgehead atoms. The van der Waals surface area contributed by atoms with Crippen molar-refractivity contribution in [3.63, 3.8) is 0 Å². The molecule has 0 aromatic rings. The van der Waals surface area contributed by atoms with E-state index in [1.54, 1.807) is 18.2 Å². The second-order valence-electron chi connectivity index (χ2n) is 4.89. The third-order valence-corrected chi connectivity index (χ3v) is 5.87. The van der Waals surface area contributed by atoms with E-state index in [9.17, 15) is 8.42 Å². The van der Waals surface area contributed by atoms with E-state index in [1.807, 2.05) is 0 Å². The minimum atomic E-state index is -3.14. The van der Waals surface area contributed by atoms with Crippen molar-refractivity contribution in [1.82, 2.24) is 4.31 Å². The molecule has 1 rings (SSSR count). The topological polar surface area (TPSA) is 63.4 Å². The van der Waals surface area contributed by atoms with Crippen LogP contribution in [0.5, 0.6) is 0 Å². The van der Waals surface area contributed by atoms with Crippen LogP contribution in [0, 0.1) is 5.92 Å². The second kappa shape index (κ2) is 5.47. The molecule has 96 valence electrons. The third kappa shape index (κ3) is 2.76. The quantitative estimate of drug-likeness (QED) is 0.812.